The summed E-state index contributed by atoms with van der Waals surface area (Å²) in [6, 6.07) is 16.0. The Labute approximate surface area is 167 Å². The summed E-state index contributed by atoms with van der Waals surface area (Å²) in [4.78, 5) is 16.5. The van der Waals surface area contributed by atoms with Crippen molar-refractivity contribution in [3.05, 3.63) is 59.7 Å². The Morgan fingerprint density at radius 2 is 1.71 bits per heavy atom. The highest BCUT2D eigenvalue weighted by atomic mass is 16.5. The normalized spacial score (nSPS) is 15.9. The van der Waals surface area contributed by atoms with Gasteiger partial charge in [0.05, 0.1) is 27.8 Å². The zero-order valence-electron chi connectivity index (χ0n) is 17.1. The van der Waals surface area contributed by atoms with Crippen LogP contribution in [0.4, 0.5) is 0 Å². The molecule has 150 valence electrons. The van der Waals surface area contributed by atoms with E-state index >= 15 is 0 Å². The first-order chi connectivity index (χ1) is 13.6. The van der Waals surface area contributed by atoms with Crippen LogP contribution in [0.1, 0.15) is 30.0 Å². The molecule has 1 saturated heterocycles. The van der Waals surface area contributed by atoms with E-state index < -0.39 is 0 Å². The van der Waals surface area contributed by atoms with Gasteiger partial charge in [-0.3, -0.25) is 4.79 Å². The molecule has 1 unspecified atom stereocenters. The van der Waals surface area contributed by atoms with E-state index in [2.05, 4.69) is 25.2 Å². The van der Waals surface area contributed by atoms with Gasteiger partial charge in [-0.1, -0.05) is 36.4 Å². The van der Waals surface area contributed by atoms with Gasteiger partial charge in [0.2, 0.25) is 0 Å². The van der Waals surface area contributed by atoms with Crippen LogP contribution in [0, 0.1) is 0 Å². The van der Waals surface area contributed by atoms with Crippen molar-refractivity contribution in [2.75, 3.05) is 40.9 Å². The molecule has 1 aliphatic heterocycles. The van der Waals surface area contributed by atoms with E-state index in [0.717, 1.165) is 56.0 Å². The van der Waals surface area contributed by atoms with Gasteiger partial charge in [-0.05, 0) is 30.5 Å². The fourth-order valence-electron chi connectivity index (χ4n) is 3.93. The van der Waals surface area contributed by atoms with Gasteiger partial charge >= 0.3 is 0 Å². The summed E-state index contributed by atoms with van der Waals surface area (Å²) >= 11 is 0. The molecule has 5 heteroatoms. The van der Waals surface area contributed by atoms with Gasteiger partial charge in [0, 0.05) is 25.1 Å². The van der Waals surface area contributed by atoms with Crippen molar-refractivity contribution in [3.8, 4) is 11.5 Å². The first-order valence-electron chi connectivity index (χ1n) is 10.0. The van der Waals surface area contributed by atoms with Crippen LogP contribution in [0.3, 0.4) is 0 Å². The number of likely N-dealkylation sites (tertiary alicyclic amines) is 1. The van der Waals surface area contributed by atoms with Crippen molar-refractivity contribution in [2.24, 2.45) is 0 Å². The van der Waals surface area contributed by atoms with Crippen LogP contribution in [0.25, 0.3) is 0 Å². The molecule has 5 nitrogen and oxygen atoms in total. The number of ether oxygens (including phenoxy) is 2. The Morgan fingerprint density at radius 1 is 1.04 bits per heavy atom. The third-order valence-electron chi connectivity index (χ3n) is 5.55. The largest absolute Gasteiger partial charge is 0.493 e. The maximum Gasteiger partial charge on any atom is 0.285 e. The molecular formula is C23H31N2O3+. The van der Waals surface area contributed by atoms with E-state index in [9.17, 15) is 4.79 Å². The zero-order chi connectivity index (χ0) is 19.9. The second-order valence-corrected chi connectivity index (χ2v) is 7.41. The SMILES string of the molecule is COc1ccc(CC[NH+](C)[C@@H](C(=O)N2CCCC2)c2ccccc2)cc1OC. The number of benzene rings is 2. The molecule has 0 aliphatic carbocycles. The molecular weight excluding hydrogens is 352 g/mol. The first-order valence-corrected chi connectivity index (χ1v) is 10.0. The van der Waals surface area contributed by atoms with Crippen molar-refractivity contribution in [1.29, 1.82) is 0 Å². The summed E-state index contributed by atoms with van der Waals surface area (Å²) in [6.07, 6.45) is 3.08. The lowest BCUT2D eigenvalue weighted by atomic mass is 10.0. The number of nitrogens with one attached hydrogen (secondary N) is 1. The van der Waals surface area contributed by atoms with E-state index in [1.165, 1.54) is 10.5 Å². The molecule has 0 radical (unpaired) electrons. The number of quaternary nitrogens is 1. The number of carbonyl (C=O) groups is 1. The van der Waals surface area contributed by atoms with Crippen LogP contribution >= 0.6 is 0 Å². The number of amides is 1. The summed E-state index contributed by atoms with van der Waals surface area (Å²) in [7, 11) is 5.41. The fraction of sp³-hybridized carbons (Fsp3) is 0.435. The average molecular weight is 384 g/mol. The Morgan fingerprint density at radius 3 is 2.36 bits per heavy atom. The lowest BCUT2D eigenvalue weighted by Gasteiger charge is -2.28. The third-order valence-corrected chi connectivity index (χ3v) is 5.55. The highest BCUT2D eigenvalue weighted by Gasteiger charge is 2.33. The lowest BCUT2D eigenvalue weighted by Crippen LogP contribution is -3.10. The molecule has 3 rings (SSSR count). The van der Waals surface area contributed by atoms with Gasteiger partial charge in [-0.15, -0.1) is 0 Å². The monoisotopic (exact) mass is 383 g/mol. The second kappa shape index (κ2) is 9.60. The van der Waals surface area contributed by atoms with Crippen LogP contribution in [0.15, 0.2) is 48.5 Å². The summed E-state index contributed by atoms with van der Waals surface area (Å²) in [5.41, 5.74) is 2.27. The molecule has 1 aliphatic rings. The summed E-state index contributed by atoms with van der Waals surface area (Å²) in [5.74, 6) is 1.72. The highest BCUT2D eigenvalue weighted by molar-refractivity contribution is 5.82. The topological polar surface area (TPSA) is 43.2 Å². The van der Waals surface area contributed by atoms with Gasteiger partial charge in [-0.2, -0.15) is 0 Å². The maximum atomic E-state index is 13.3. The van der Waals surface area contributed by atoms with Crippen molar-refractivity contribution in [1.82, 2.24) is 4.90 Å². The van der Waals surface area contributed by atoms with Gasteiger partial charge in [0.15, 0.2) is 17.5 Å². The number of nitrogens with zero attached hydrogens (tertiary/aromatic N) is 1. The molecule has 0 bridgehead atoms. The smallest absolute Gasteiger partial charge is 0.285 e. The van der Waals surface area contributed by atoms with E-state index in [1.807, 2.05) is 35.2 Å². The molecule has 2 aromatic rings. The molecule has 0 aromatic heterocycles. The molecule has 2 aromatic carbocycles. The summed E-state index contributed by atoms with van der Waals surface area (Å²) in [5, 5.41) is 0. The maximum absolute atomic E-state index is 13.3. The number of likely N-dealkylation sites (N-methyl/N-ethyl adjacent to an activating group) is 1. The van der Waals surface area contributed by atoms with Gasteiger partial charge in [0.1, 0.15) is 0 Å². The van der Waals surface area contributed by atoms with Crippen LogP contribution in [-0.2, 0) is 11.2 Å². The highest BCUT2D eigenvalue weighted by Crippen LogP contribution is 2.27. The van der Waals surface area contributed by atoms with E-state index in [1.54, 1.807) is 14.2 Å². The molecule has 0 saturated carbocycles. The minimum atomic E-state index is -0.167. The first kappa shape index (κ1) is 20.2. The van der Waals surface area contributed by atoms with E-state index in [4.69, 9.17) is 9.47 Å². The second-order valence-electron chi connectivity index (χ2n) is 7.41. The van der Waals surface area contributed by atoms with Crippen molar-refractivity contribution >= 4 is 5.91 Å². The summed E-state index contributed by atoms with van der Waals surface area (Å²) in [6.45, 7) is 2.62. The van der Waals surface area contributed by atoms with Gasteiger partial charge < -0.3 is 19.3 Å². The molecule has 0 spiro atoms. The standard InChI is InChI=1S/C23H30N2O3/c1-24(16-13-18-11-12-20(27-2)21(17-18)28-3)22(19-9-5-4-6-10-19)23(26)25-14-7-8-15-25/h4-6,9-12,17,22H,7-8,13-16H2,1-3H3/p+1/t22-/m1/s1. The predicted octanol–water partition coefficient (Wildman–Crippen LogP) is 2.12. The molecule has 1 N–H and O–H groups in total. The average Bonchev–Trinajstić information content (AvgIpc) is 3.28. The minimum Gasteiger partial charge on any atom is -0.493 e. The molecule has 1 amide bonds. The Bertz CT molecular complexity index is 773. The lowest BCUT2D eigenvalue weighted by molar-refractivity contribution is -0.902. The van der Waals surface area contributed by atoms with Gasteiger partial charge in [-0.25, -0.2) is 0 Å². The van der Waals surface area contributed by atoms with Crippen LogP contribution in [0.2, 0.25) is 0 Å². The van der Waals surface area contributed by atoms with E-state index in [-0.39, 0.29) is 11.9 Å². The van der Waals surface area contributed by atoms with Crippen LogP contribution < -0.4 is 14.4 Å². The number of methoxy groups -OCH3 is 2. The van der Waals surface area contributed by atoms with Crippen molar-refractivity contribution in [3.63, 3.8) is 0 Å². The van der Waals surface area contributed by atoms with Gasteiger partial charge in [0.25, 0.3) is 5.91 Å². The number of rotatable bonds is 8. The fourth-order valence-corrected chi connectivity index (χ4v) is 3.93. The number of carbonyl (C=O) groups excluding carboxylic acids is 1. The zero-order valence-corrected chi connectivity index (χ0v) is 17.1. The quantitative estimate of drug-likeness (QED) is 0.759. The Balaban J connectivity index is 1.74. The number of hydrogen-bond acceptors (Lipinski definition) is 3. The molecule has 1 heterocycles. The van der Waals surface area contributed by atoms with Crippen molar-refractivity contribution in [2.45, 2.75) is 25.3 Å². The Kier molecular flexibility index (Phi) is 6.93. The molecule has 2 atom stereocenters. The predicted molar refractivity (Wildman–Crippen MR) is 110 cm³/mol. The van der Waals surface area contributed by atoms with E-state index in [0.29, 0.717) is 0 Å². The molecule has 1 fully saturated rings. The van der Waals surface area contributed by atoms with Crippen LogP contribution in [-0.4, -0.2) is 51.7 Å². The van der Waals surface area contributed by atoms with Crippen LogP contribution in [0.5, 0.6) is 11.5 Å². The number of hydrogen-bond donors (Lipinski definition) is 1. The van der Waals surface area contributed by atoms with Crippen molar-refractivity contribution < 1.29 is 19.2 Å². The summed E-state index contributed by atoms with van der Waals surface area (Å²) < 4.78 is 10.7. The molecule has 28 heavy (non-hydrogen) atoms. The minimum absolute atomic E-state index is 0.167. The third kappa shape index (κ3) is 4.65. The Hall–Kier alpha value is -2.53.